The van der Waals surface area contributed by atoms with E-state index in [1.165, 1.54) is 6.08 Å². The molecule has 0 fully saturated rings. The maximum Gasteiger partial charge on any atom is 0.185 e. The van der Waals surface area contributed by atoms with Gasteiger partial charge in [-0.3, -0.25) is 9.89 Å². The summed E-state index contributed by atoms with van der Waals surface area (Å²) >= 11 is 5.81. The number of carbonyl (C=O) groups is 1. The minimum absolute atomic E-state index is 0.0764. The Morgan fingerprint density at radius 3 is 2.50 bits per heavy atom. The SMILES string of the molecule is O=C(/C=C/c1cc(-c2ccccc2)n[nH]1)c1ccc(Cl)cc1. The van der Waals surface area contributed by atoms with E-state index < -0.39 is 0 Å². The molecule has 0 radical (unpaired) electrons. The molecule has 0 amide bonds. The second-order valence-corrected chi connectivity index (χ2v) is 5.22. The fourth-order valence-electron chi connectivity index (χ4n) is 2.05. The van der Waals surface area contributed by atoms with Crippen LogP contribution in [0.4, 0.5) is 0 Å². The van der Waals surface area contributed by atoms with Crippen molar-refractivity contribution in [2.75, 3.05) is 0 Å². The molecule has 0 unspecified atom stereocenters. The van der Waals surface area contributed by atoms with E-state index in [0.717, 1.165) is 17.0 Å². The number of rotatable bonds is 4. The number of benzene rings is 2. The van der Waals surface area contributed by atoms with Gasteiger partial charge < -0.3 is 0 Å². The molecule has 0 aliphatic rings. The smallest absolute Gasteiger partial charge is 0.185 e. The Balaban J connectivity index is 1.75. The summed E-state index contributed by atoms with van der Waals surface area (Å²) in [6.45, 7) is 0. The Morgan fingerprint density at radius 1 is 1.05 bits per heavy atom. The average molecular weight is 309 g/mol. The summed E-state index contributed by atoms with van der Waals surface area (Å²) in [5.74, 6) is -0.0764. The third-order valence-corrected chi connectivity index (χ3v) is 3.46. The van der Waals surface area contributed by atoms with Crippen LogP contribution in [0.2, 0.25) is 5.02 Å². The molecule has 2 aromatic carbocycles. The number of allylic oxidation sites excluding steroid dienone is 1. The van der Waals surface area contributed by atoms with Crippen LogP contribution in [0.15, 0.2) is 66.7 Å². The number of nitrogens with zero attached hydrogens (tertiary/aromatic N) is 1. The third-order valence-electron chi connectivity index (χ3n) is 3.21. The van der Waals surface area contributed by atoms with E-state index in [0.29, 0.717) is 10.6 Å². The highest BCUT2D eigenvalue weighted by molar-refractivity contribution is 6.30. The lowest BCUT2D eigenvalue weighted by Gasteiger charge is -1.95. The van der Waals surface area contributed by atoms with Gasteiger partial charge in [0.15, 0.2) is 5.78 Å². The Morgan fingerprint density at radius 2 is 1.77 bits per heavy atom. The van der Waals surface area contributed by atoms with Gasteiger partial charge in [-0.2, -0.15) is 5.10 Å². The molecule has 0 bridgehead atoms. The minimum atomic E-state index is -0.0764. The van der Waals surface area contributed by atoms with Crippen LogP contribution in [0.25, 0.3) is 17.3 Å². The Bertz CT molecular complexity index is 805. The lowest BCUT2D eigenvalue weighted by Crippen LogP contribution is -1.93. The molecule has 108 valence electrons. The molecule has 3 aromatic rings. The van der Waals surface area contributed by atoms with Gasteiger partial charge in [-0.05, 0) is 42.5 Å². The molecule has 0 spiro atoms. The molecule has 0 saturated heterocycles. The first-order valence-electron chi connectivity index (χ1n) is 6.81. The van der Waals surface area contributed by atoms with Crippen molar-refractivity contribution in [2.24, 2.45) is 0 Å². The quantitative estimate of drug-likeness (QED) is 0.564. The molecule has 0 saturated carbocycles. The fraction of sp³-hybridized carbons (Fsp3) is 0. The zero-order valence-corrected chi connectivity index (χ0v) is 12.4. The molecule has 0 aliphatic carbocycles. The van der Waals surface area contributed by atoms with E-state index in [1.54, 1.807) is 30.3 Å². The maximum atomic E-state index is 12.0. The molecule has 0 aliphatic heterocycles. The van der Waals surface area contributed by atoms with Gasteiger partial charge in [0.2, 0.25) is 0 Å². The van der Waals surface area contributed by atoms with Crippen molar-refractivity contribution < 1.29 is 4.79 Å². The summed E-state index contributed by atoms with van der Waals surface area (Å²) in [6, 6.07) is 18.6. The van der Waals surface area contributed by atoms with Crippen molar-refractivity contribution in [3.05, 3.63) is 83.0 Å². The number of H-pyrrole nitrogens is 1. The summed E-state index contributed by atoms with van der Waals surface area (Å²) in [5, 5.41) is 7.77. The Labute approximate surface area is 133 Å². The summed E-state index contributed by atoms with van der Waals surface area (Å²) < 4.78 is 0. The summed E-state index contributed by atoms with van der Waals surface area (Å²) in [4.78, 5) is 12.0. The summed E-state index contributed by atoms with van der Waals surface area (Å²) in [7, 11) is 0. The van der Waals surface area contributed by atoms with E-state index in [1.807, 2.05) is 36.4 Å². The zero-order chi connectivity index (χ0) is 15.4. The van der Waals surface area contributed by atoms with Crippen LogP contribution in [0.1, 0.15) is 16.1 Å². The zero-order valence-electron chi connectivity index (χ0n) is 11.7. The highest BCUT2D eigenvalue weighted by Crippen LogP contribution is 2.17. The van der Waals surface area contributed by atoms with E-state index in [9.17, 15) is 4.79 Å². The molecule has 1 heterocycles. The summed E-state index contributed by atoms with van der Waals surface area (Å²) in [6.07, 6.45) is 3.24. The largest absolute Gasteiger partial charge is 0.289 e. The number of aromatic nitrogens is 2. The van der Waals surface area contributed by atoms with Crippen molar-refractivity contribution >= 4 is 23.5 Å². The van der Waals surface area contributed by atoms with Crippen LogP contribution in [-0.4, -0.2) is 16.0 Å². The molecule has 1 aromatic heterocycles. The van der Waals surface area contributed by atoms with Gasteiger partial charge in [0.1, 0.15) is 0 Å². The van der Waals surface area contributed by atoms with Crippen molar-refractivity contribution in [3.63, 3.8) is 0 Å². The van der Waals surface area contributed by atoms with E-state index in [4.69, 9.17) is 11.6 Å². The van der Waals surface area contributed by atoms with Crippen molar-refractivity contribution in [3.8, 4) is 11.3 Å². The predicted molar refractivity (Wildman–Crippen MR) is 88.8 cm³/mol. The topological polar surface area (TPSA) is 45.8 Å². The standard InChI is InChI=1S/C18H13ClN2O/c19-15-8-6-14(7-9-15)18(22)11-10-16-12-17(21-20-16)13-4-2-1-3-5-13/h1-12H,(H,20,21)/b11-10+. The predicted octanol–water partition coefficient (Wildman–Crippen LogP) is 4.63. The van der Waals surface area contributed by atoms with Crippen molar-refractivity contribution in [1.82, 2.24) is 10.2 Å². The summed E-state index contributed by atoms with van der Waals surface area (Å²) in [5.41, 5.74) is 3.26. The normalized spacial score (nSPS) is 11.0. The lowest BCUT2D eigenvalue weighted by atomic mass is 10.1. The number of aromatic amines is 1. The van der Waals surface area contributed by atoms with Crippen LogP contribution < -0.4 is 0 Å². The molecule has 4 heteroatoms. The van der Waals surface area contributed by atoms with E-state index in [-0.39, 0.29) is 5.78 Å². The lowest BCUT2D eigenvalue weighted by molar-refractivity contribution is 0.104. The van der Waals surface area contributed by atoms with Crippen molar-refractivity contribution in [1.29, 1.82) is 0 Å². The van der Waals surface area contributed by atoms with E-state index in [2.05, 4.69) is 10.2 Å². The van der Waals surface area contributed by atoms with Crippen molar-refractivity contribution in [2.45, 2.75) is 0 Å². The van der Waals surface area contributed by atoms with E-state index >= 15 is 0 Å². The number of carbonyl (C=O) groups excluding carboxylic acids is 1. The second-order valence-electron chi connectivity index (χ2n) is 4.78. The van der Waals surface area contributed by atoms with Crippen LogP contribution in [0.5, 0.6) is 0 Å². The number of hydrogen-bond acceptors (Lipinski definition) is 2. The number of ketones is 1. The van der Waals surface area contributed by atoms with Crippen LogP contribution in [-0.2, 0) is 0 Å². The first kappa shape index (κ1) is 14.3. The minimum Gasteiger partial charge on any atom is -0.289 e. The van der Waals surface area contributed by atoms with Gasteiger partial charge >= 0.3 is 0 Å². The van der Waals surface area contributed by atoms with Gasteiger partial charge in [0.25, 0.3) is 0 Å². The van der Waals surface area contributed by atoms with Crippen LogP contribution >= 0.6 is 11.6 Å². The Hall–Kier alpha value is -2.65. The fourth-order valence-corrected chi connectivity index (χ4v) is 2.18. The highest BCUT2D eigenvalue weighted by Gasteiger charge is 2.03. The van der Waals surface area contributed by atoms with Gasteiger partial charge in [-0.25, -0.2) is 0 Å². The van der Waals surface area contributed by atoms with Gasteiger partial charge in [-0.1, -0.05) is 41.9 Å². The van der Waals surface area contributed by atoms with Gasteiger partial charge in [0, 0.05) is 16.1 Å². The van der Waals surface area contributed by atoms with Gasteiger partial charge in [0.05, 0.1) is 11.4 Å². The average Bonchev–Trinajstić information content (AvgIpc) is 3.03. The second kappa shape index (κ2) is 6.41. The molecule has 3 nitrogen and oxygen atoms in total. The molecule has 22 heavy (non-hydrogen) atoms. The number of halogens is 1. The molecular weight excluding hydrogens is 296 g/mol. The number of hydrogen-bond donors (Lipinski definition) is 1. The highest BCUT2D eigenvalue weighted by atomic mass is 35.5. The molecule has 1 N–H and O–H groups in total. The molecule has 0 atom stereocenters. The maximum absolute atomic E-state index is 12.0. The number of nitrogens with one attached hydrogen (secondary N) is 1. The van der Waals surface area contributed by atoms with Crippen LogP contribution in [0, 0.1) is 0 Å². The third kappa shape index (κ3) is 3.32. The first-order chi connectivity index (χ1) is 10.7. The van der Waals surface area contributed by atoms with Crippen LogP contribution in [0.3, 0.4) is 0 Å². The molecular formula is C18H13ClN2O. The Kier molecular flexibility index (Phi) is 4.17. The first-order valence-corrected chi connectivity index (χ1v) is 7.19. The van der Waals surface area contributed by atoms with Gasteiger partial charge in [-0.15, -0.1) is 0 Å². The monoisotopic (exact) mass is 308 g/mol. The molecule has 3 rings (SSSR count).